The highest BCUT2D eigenvalue weighted by Crippen LogP contribution is 2.27. The van der Waals surface area contributed by atoms with E-state index >= 15 is 0 Å². The lowest BCUT2D eigenvalue weighted by molar-refractivity contribution is 0.424. The van der Waals surface area contributed by atoms with Crippen molar-refractivity contribution in [1.29, 1.82) is 0 Å². The second kappa shape index (κ2) is 5.01. The Morgan fingerprint density at radius 2 is 2.24 bits per heavy atom. The van der Waals surface area contributed by atoms with Crippen LogP contribution < -0.4 is 5.32 Å². The molecule has 3 aromatic rings. The first-order valence-corrected chi connectivity index (χ1v) is 6.97. The van der Waals surface area contributed by atoms with Gasteiger partial charge in [0.1, 0.15) is 0 Å². The first-order chi connectivity index (χ1) is 10.4. The predicted molar refractivity (Wildman–Crippen MR) is 79.0 cm³/mol. The molecule has 0 saturated heterocycles. The number of pyridine rings is 1. The quantitative estimate of drug-likeness (QED) is 0.798. The van der Waals surface area contributed by atoms with E-state index in [0.29, 0.717) is 18.1 Å². The van der Waals surface area contributed by atoms with E-state index in [-0.39, 0.29) is 0 Å². The molecule has 1 aromatic carbocycles. The fourth-order valence-electron chi connectivity index (χ4n) is 2.57. The van der Waals surface area contributed by atoms with Gasteiger partial charge in [-0.05, 0) is 41.8 Å². The average molecular weight is 278 g/mol. The summed E-state index contributed by atoms with van der Waals surface area (Å²) in [5, 5.41) is 7.39. The molecule has 104 valence electrons. The minimum absolute atomic E-state index is 0.573. The van der Waals surface area contributed by atoms with Gasteiger partial charge in [-0.25, -0.2) is 0 Å². The minimum atomic E-state index is 0.573. The number of rotatable bonds is 3. The molecule has 0 saturated carbocycles. The number of nitrogens with one attached hydrogen (secondary N) is 1. The van der Waals surface area contributed by atoms with E-state index in [1.165, 1.54) is 11.3 Å². The van der Waals surface area contributed by atoms with Gasteiger partial charge < -0.3 is 9.84 Å². The van der Waals surface area contributed by atoms with Crippen molar-refractivity contribution in [2.75, 3.05) is 11.9 Å². The number of fused-ring (bicyclic) bond motifs is 1. The van der Waals surface area contributed by atoms with Crippen molar-refractivity contribution in [3.05, 3.63) is 59.7 Å². The Kier molecular flexibility index (Phi) is 2.88. The molecule has 5 heteroatoms. The van der Waals surface area contributed by atoms with Crippen LogP contribution in [0.25, 0.3) is 11.5 Å². The number of benzene rings is 1. The lowest BCUT2D eigenvalue weighted by atomic mass is 10.1. The fraction of sp³-hybridized carbons (Fsp3) is 0.188. The molecule has 0 amide bonds. The number of anilines is 1. The van der Waals surface area contributed by atoms with E-state index in [9.17, 15) is 0 Å². The van der Waals surface area contributed by atoms with Gasteiger partial charge in [0.25, 0.3) is 5.89 Å². The Bertz CT molecular complexity index is 767. The molecule has 0 atom stereocenters. The second-order valence-electron chi connectivity index (χ2n) is 5.10. The maximum Gasteiger partial charge on any atom is 0.257 e. The van der Waals surface area contributed by atoms with Gasteiger partial charge >= 0.3 is 0 Å². The summed E-state index contributed by atoms with van der Waals surface area (Å²) >= 11 is 0. The third-order valence-corrected chi connectivity index (χ3v) is 3.62. The molecule has 0 unspecified atom stereocenters. The molecule has 1 N–H and O–H groups in total. The van der Waals surface area contributed by atoms with Crippen LogP contribution in [0, 0.1) is 0 Å². The van der Waals surface area contributed by atoms with Crippen LogP contribution in [0.1, 0.15) is 17.0 Å². The van der Waals surface area contributed by atoms with Gasteiger partial charge in [0.15, 0.2) is 5.82 Å². The summed E-state index contributed by atoms with van der Waals surface area (Å²) < 4.78 is 5.38. The molecule has 0 spiro atoms. The summed E-state index contributed by atoms with van der Waals surface area (Å²) in [5.41, 5.74) is 4.55. The van der Waals surface area contributed by atoms with Crippen LogP contribution in [0.15, 0.2) is 47.2 Å². The van der Waals surface area contributed by atoms with E-state index in [1.807, 2.05) is 24.4 Å². The maximum absolute atomic E-state index is 5.38. The Morgan fingerprint density at radius 1 is 1.24 bits per heavy atom. The molecule has 0 aliphatic carbocycles. The highest BCUT2D eigenvalue weighted by atomic mass is 16.5. The monoisotopic (exact) mass is 278 g/mol. The smallest absolute Gasteiger partial charge is 0.257 e. The molecule has 4 rings (SSSR count). The molecule has 3 heterocycles. The van der Waals surface area contributed by atoms with Gasteiger partial charge in [-0.15, -0.1) is 0 Å². The zero-order valence-corrected chi connectivity index (χ0v) is 11.4. The van der Waals surface area contributed by atoms with Gasteiger partial charge in [-0.1, -0.05) is 11.2 Å². The molecule has 2 aromatic heterocycles. The second-order valence-corrected chi connectivity index (χ2v) is 5.10. The van der Waals surface area contributed by atoms with Crippen molar-refractivity contribution >= 4 is 5.69 Å². The van der Waals surface area contributed by atoms with E-state index in [0.717, 1.165) is 24.1 Å². The van der Waals surface area contributed by atoms with Crippen molar-refractivity contribution in [2.24, 2.45) is 0 Å². The maximum atomic E-state index is 5.38. The summed E-state index contributed by atoms with van der Waals surface area (Å²) in [5.74, 6) is 1.25. The molecular formula is C16H14N4O. The van der Waals surface area contributed by atoms with E-state index in [2.05, 4.69) is 32.6 Å². The minimum Gasteiger partial charge on any atom is -0.384 e. The van der Waals surface area contributed by atoms with E-state index in [4.69, 9.17) is 4.52 Å². The highest BCUT2D eigenvalue weighted by molar-refractivity contribution is 5.64. The summed E-state index contributed by atoms with van der Waals surface area (Å²) in [7, 11) is 0. The standard InChI is InChI=1S/C16H14N4O/c1-2-11(10-17-6-1)8-15-19-16(21-20-15)13-3-4-14-12(9-13)5-7-18-14/h1-4,6,9-10,18H,5,7-8H2. The van der Waals surface area contributed by atoms with E-state index in [1.54, 1.807) is 6.20 Å². The number of hydrogen-bond donors (Lipinski definition) is 1. The Balaban J connectivity index is 1.59. The zero-order valence-electron chi connectivity index (χ0n) is 11.4. The third-order valence-electron chi connectivity index (χ3n) is 3.62. The molecule has 0 bridgehead atoms. The number of hydrogen-bond acceptors (Lipinski definition) is 5. The normalized spacial score (nSPS) is 13.0. The molecule has 0 fully saturated rings. The van der Waals surface area contributed by atoms with Gasteiger partial charge in [0.2, 0.25) is 0 Å². The highest BCUT2D eigenvalue weighted by Gasteiger charge is 2.14. The first-order valence-electron chi connectivity index (χ1n) is 6.97. The molecule has 1 aliphatic heterocycles. The van der Waals surface area contributed by atoms with Crippen molar-refractivity contribution in [3.63, 3.8) is 0 Å². The van der Waals surface area contributed by atoms with Crippen LogP contribution in [0.5, 0.6) is 0 Å². The third kappa shape index (κ3) is 2.38. The Hall–Kier alpha value is -2.69. The summed E-state index contributed by atoms with van der Waals surface area (Å²) in [6, 6.07) is 10.1. The van der Waals surface area contributed by atoms with Gasteiger partial charge in [-0.2, -0.15) is 4.98 Å². The molecular weight excluding hydrogens is 264 g/mol. The van der Waals surface area contributed by atoms with Crippen molar-refractivity contribution in [1.82, 2.24) is 15.1 Å². The summed E-state index contributed by atoms with van der Waals surface area (Å²) in [6.45, 7) is 0.995. The Morgan fingerprint density at radius 3 is 3.14 bits per heavy atom. The van der Waals surface area contributed by atoms with Crippen LogP contribution in [-0.4, -0.2) is 21.7 Å². The van der Waals surface area contributed by atoms with Crippen LogP contribution in [0.3, 0.4) is 0 Å². The summed E-state index contributed by atoms with van der Waals surface area (Å²) in [4.78, 5) is 8.57. The van der Waals surface area contributed by atoms with Crippen LogP contribution in [0.2, 0.25) is 0 Å². The SMILES string of the molecule is c1cncc(Cc2noc(-c3ccc4c(c3)CCN4)n2)c1. The molecule has 0 radical (unpaired) electrons. The summed E-state index contributed by atoms with van der Waals surface area (Å²) in [6.07, 6.45) is 5.24. The van der Waals surface area contributed by atoms with E-state index < -0.39 is 0 Å². The van der Waals surface area contributed by atoms with Crippen LogP contribution in [0.4, 0.5) is 5.69 Å². The number of nitrogens with zero attached hydrogens (tertiary/aromatic N) is 3. The molecule has 21 heavy (non-hydrogen) atoms. The first kappa shape index (κ1) is 12.1. The molecule has 5 nitrogen and oxygen atoms in total. The zero-order chi connectivity index (χ0) is 14.1. The van der Waals surface area contributed by atoms with Crippen LogP contribution in [-0.2, 0) is 12.8 Å². The topological polar surface area (TPSA) is 63.8 Å². The number of aromatic nitrogens is 3. The largest absolute Gasteiger partial charge is 0.384 e. The predicted octanol–water partition coefficient (Wildman–Crippen LogP) is 2.69. The van der Waals surface area contributed by atoms with Crippen molar-refractivity contribution in [2.45, 2.75) is 12.8 Å². The van der Waals surface area contributed by atoms with Gasteiger partial charge in [-0.3, -0.25) is 4.98 Å². The van der Waals surface area contributed by atoms with Crippen LogP contribution >= 0.6 is 0 Å². The fourth-order valence-corrected chi connectivity index (χ4v) is 2.57. The average Bonchev–Trinajstić information content (AvgIpc) is 3.16. The Labute approximate surface area is 122 Å². The van der Waals surface area contributed by atoms with Crippen molar-refractivity contribution < 1.29 is 4.52 Å². The van der Waals surface area contributed by atoms with Crippen molar-refractivity contribution in [3.8, 4) is 11.5 Å². The van der Waals surface area contributed by atoms with Gasteiger partial charge in [0, 0.05) is 36.6 Å². The lowest BCUT2D eigenvalue weighted by Gasteiger charge is -2.00. The molecule has 1 aliphatic rings. The van der Waals surface area contributed by atoms with Gasteiger partial charge in [0.05, 0.1) is 0 Å². The lowest BCUT2D eigenvalue weighted by Crippen LogP contribution is -1.91.